The maximum absolute atomic E-state index is 0. The van der Waals surface area contributed by atoms with Crippen molar-refractivity contribution in [2.75, 3.05) is 0 Å². The van der Waals surface area contributed by atoms with E-state index in [1.54, 1.807) is 0 Å². The molecule has 0 aliphatic carbocycles. The molecule has 0 rings (SSSR count). The summed E-state index contributed by atoms with van der Waals surface area (Å²) in [4.78, 5) is 0. The number of hydrogen-bond acceptors (Lipinski definition) is 0. The average molecular weight is 629 g/mol. The van der Waals surface area contributed by atoms with Gasteiger partial charge in [0.2, 0.25) is 0 Å². The van der Waals surface area contributed by atoms with Crippen molar-refractivity contribution in [3.8, 4) is 0 Å². The molecule has 6 heavy (non-hydrogen) atoms. The molecule has 0 aliphatic heterocycles. The minimum Gasteiger partial charge on any atom is -1.00 e. The van der Waals surface area contributed by atoms with Crippen LogP contribution in [0.3, 0.4) is 0 Å². The molecule has 2 N–H and O–H groups in total. The van der Waals surface area contributed by atoms with Crippen LogP contribution in [0.2, 0.25) is 0 Å². The standard InChI is InChI=1S/Bi.Ca.Cu.H2O.Pb.Sr.4H/h;;;1H2;;;;;;/q;+2;;;;+2;4*-1. The zero-order valence-electron chi connectivity index (χ0n) is 7.16. The van der Waals surface area contributed by atoms with Gasteiger partial charge in [0.05, 0.1) is 0 Å². The second-order valence-corrected chi connectivity index (χ2v) is 0. The molecule has 36 valence electrons. The van der Waals surface area contributed by atoms with Crippen LogP contribution in [0.1, 0.15) is 5.71 Å². The van der Waals surface area contributed by atoms with Crippen LogP contribution in [0, 0.1) is 0 Å². The molecule has 0 aromatic carbocycles. The van der Waals surface area contributed by atoms with Gasteiger partial charge in [-0.2, -0.15) is 0 Å². The maximum atomic E-state index is 0. The predicted octanol–water partition coefficient (Wildman–Crippen LogP) is -1.90. The summed E-state index contributed by atoms with van der Waals surface area (Å²) in [5.41, 5.74) is 0. The van der Waals surface area contributed by atoms with Crippen LogP contribution in [0.4, 0.5) is 0 Å². The smallest absolute Gasteiger partial charge is 1.00 e. The van der Waals surface area contributed by atoms with Gasteiger partial charge in [-0.3, -0.25) is 0 Å². The summed E-state index contributed by atoms with van der Waals surface area (Å²) in [7, 11) is 0. The van der Waals surface area contributed by atoms with Crippen molar-refractivity contribution in [3.63, 3.8) is 0 Å². The Morgan fingerprint density at radius 2 is 1.17 bits per heavy atom. The van der Waals surface area contributed by atoms with E-state index in [4.69, 9.17) is 0 Å². The SMILES string of the molecule is O.[Bi].[Ca+2].[Cu].[H-].[H-].[H-].[H-].[Pb].[Sr+2]. The average Bonchev–Trinajstić information content (AvgIpc) is 0. The van der Waals surface area contributed by atoms with Gasteiger partial charge in [0.15, 0.2) is 0 Å². The first kappa shape index (κ1) is 43.9. The van der Waals surface area contributed by atoms with Gasteiger partial charge < -0.3 is 11.2 Å². The number of hydrogen-bond donors (Lipinski definition) is 0. The summed E-state index contributed by atoms with van der Waals surface area (Å²) >= 11 is 0. The first-order valence-corrected chi connectivity index (χ1v) is 0. The molecule has 0 amide bonds. The van der Waals surface area contributed by atoms with Crippen molar-refractivity contribution in [2.24, 2.45) is 0 Å². The molecule has 0 unspecified atom stereocenters. The van der Waals surface area contributed by atoms with Gasteiger partial charge >= 0.3 is 83.2 Å². The van der Waals surface area contributed by atoms with E-state index in [2.05, 4.69) is 0 Å². The normalized spacial score (nSPS) is 0. The van der Waals surface area contributed by atoms with Crippen LogP contribution in [0.15, 0.2) is 0 Å². The van der Waals surface area contributed by atoms with Crippen LogP contribution in [-0.2, 0) is 17.1 Å². The van der Waals surface area contributed by atoms with Gasteiger partial charge in [-0.15, -0.1) is 0 Å². The Kier molecular flexibility index (Phi) is 237. The van der Waals surface area contributed by atoms with Crippen LogP contribution < -0.4 is 0 Å². The molecule has 1 nitrogen and oxygen atoms in total. The second-order valence-electron chi connectivity index (χ2n) is 0. The Morgan fingerprint density at radius 1 is 1.17 bits per heavy atom. The van der Waals surface area contributed by atoms with Gasteiger partial charge in [-0.25, -0.2) is 0 Å². The minimum atomic E-state index is 0. The van der Waals surface area contributed by atoms with Gasteiger partial charge in [0.25, 0.3) is 0 Å². The summed E-state index contributed by atoms with van der Waals surface area (Å²) in [5.74, 6) is 0. The van der Waals surface area contributed by atoms with E-state index in [1.807, 2.05) is 0 Å². The van der Waals surface area contributed by atoms with Crippen molar-refractivity contribution < 1.29 is 28.3 Å². The predicted molar refractivity (Wildman–Crippen MR) is 31.1 cm³/mol. The first-order valence-electron chi connectivity index (χ1n) is 0. The Balaban J connectivity index is 0. The zero-order chi connectivity index (χ0) is 0. The van der Waals surface area contributed by atoms with E-state index in [9.17, 15) is 0 Å². The molecule has 0 saturated heterocycles. The molecule has 0 aromatic heterocycles. The summed E-state index contributed by atoms with van der Waals surface area (Å²) < 4.78 is 0. The topological polar surface area (TPSA) is 31.5 Å². The van der Waals surface area contributed by atoms with E-state index >= 15 is 0 Å². The van der Waals surface area contributed by atoms with Crippen LogP contribution in [0.5, 0.6) is 0 Å². The summed E-state index contributed by atoms with van der Waals surface area (Å²) in [6.07, 6.45) is 0. The van der Waals surface area contributed by atoms with E-state index in [-0.39, 0.29) is 165 Å². The monoisotopic (exact) mass is 630 g/mol. The van der Waals surface area contributed by atoms with Gasteiger partial charge in [0.1, 0.15) is 0 Å². The van der Waals surface area contributed by atoms with Crippen molar-refractivity contribution in [3.05, 3.63) is 0 Å². The summed E-state index contributed by atoms with van der Waals surface area (Å²) in [6, 6.07) is 0. The fourth-order valence-corrected chi connectivity index (χ4v) is 0. The zero-order valence-corrected chi connectivity index (χ0v) is 17.2. The van der Waals surface area contributed by atoms with E-state index < -0.39 is 0 Å². The third kappa shape index (κ3) is 23.0. The first-order chi connectivity index (χ1) is 0. The molecular weight excluding hydrogens is 623 g/mol. The van der Waals surface area contributed by atoms with E-state index in [1.165, 1.54) is 0 Å². The summed E-state index contributed by atoms with van der Waals surface area (Å²) in [6.45, 7) is 0. The molecule has 0 aliphatic rings. The van der Waals surface area contributed by atoms with Gasteiger partial charge in [-0.05, 0) is 0 Å². The molecule has 8 radical (unpaired) electrons. The molecule has 0 fully saturated rings. The van der Waals surface area contributed by atoms with Crippen molar-refractivity contribution >= 4 is 137 Å². The summed E-state index contributed by atoms with van der Waals surface area (Å²) in [5, 5.41) is 0. The van der Waals surface area contributed by atoms with Gasteiger partial charge in [-0.1, -0.05) is 0 Å². The fourth-order valence-electron chi connectivity index (χ4n) is 0. The minimum absolute atomic E-state index is 0. The third-order valence-corrected chi connectivity index (χ3v) is 0. The van der Waals surface area contributed by atoms with Crippen LogP contribution in [-0.4, -0.2) is 142 Å². The molecule has 0 heterocycles. The number of rotatable bonds is 0. The van der Waals surface area contributed by atoms with Crippen molar-refractivity contribution in [1.29, 1.82) is 0 Å². The molecule has 0 bridgehead atoms. The van der Waals surface area contributed by atoms with E-state index in [0.717, 1.165) is 0 Å². The molecule has 0 saturated carbocycles. The largest absolute Gasteiger partial charge is 2.00 e. The Labute approximate surface area is 160 Å². The third-order valence-electron chi connectivity index (χ3n) is 0. The van der Waals surface area contributed by atoms with Gasteiger partial charge in [0, 0.05) is 70.6 Å². The van der Waals surface area contributed by atoms with Crippen LogP contribution >= 0.6 is 0 Å². The Bertz CT molecular complexity index is 25.2. The molecule has 0 aromatic rings. The fraction of sp³-hybridized carbons (Fsp3) is 0. The Hall–Kier alpha value is 5.02. The molecule has 0 spiro atoms. The van der Waals surface area contributed by atoms with Crippen molar-refractivity contribution in [2.45, 2.75) is 0 Å². The van der Waals surface area contributed by atoms with E-state index in [0.29, 0.717) is 0 Å². The Morgan fingerprint density at radius 3 is 1.17 bits per heavy atom. The van der Waals surface area contributed by atoms with Crippen molar-refractivity contribution in [1.82, 2.24) is 0 Å². The molecule has 6 heteroatoms. The quantitative estimate of drug-likeness (QED) is 0.281. The molecular formula is H6BiCaCuOPbSr. The maximum Gasteiger partial charge on any atom is 2.00 e. The second kappa shape index (κ2) is 32.3. The van der Waals surface area contributed by atoms with Crippen LogP contribution in [0.25, 0.3) is 0 Å². The molecule has 0 atom stereocenters.